The van der Waals surface area contributed by atoms with Crippen LogP contribution in [0, 0.1) is 12.3 Å². The quantitative estimate of drug-likeness (QED) is 0.895. The Kier molecular flexibility index (Phi) is 4.61. The Bertz CT molecular complexity index is 799. The summed E-state index contributed by atoms with van der Waals surface area (Å²) in [4.78, 5) is 26.4. The number of nitrogens with one attached hydrogen (secondary N) is 1. The van der Waals surface area contributed by atoms with Gasteiger partial charge in [-0.25, -0.2) is 0 Å². The molecule has 2 heterocycles. The van der Waals surface area contributed by atoms with E-state index in [1.165, 1.54) is 6.20 Å². The number of aryl methyl sites for hydroxylation is 1. The number of carbonyl (C=O) groups is 2. The van der Waals surface area contributed by atoms with Gasteiger partial charge in [-0.15, -0.1) is 0 Å². The van der Waals surface area contributed by atoms with Crippen molar-refractivity contribution in [3.05, 3.63) is 41.6 Å². The van der Waals surface area contributed by atoms with E-state index in [0.717, 1.165) is 11.1 Å². The monoisotopic (exact) mass is 341 g/mol. The van der Waals surface area contributed by atoms with E-state index in [4.69, 9.17) is 0 Å². The fourth-order valence-corrected chi connectivity index (χ4v) is 3.56. The number of carbonyl (C=O) groups excluding carboxylic acids is 1. The van der Waals surface area contributed by atoms with Crippen molar-refractivity contribution in [2.45, 2.75) is 33.1 Å². The van der Waals surface area contributed by atoms with Crippen LogP contribution in [0.2, 0.25) is 0 Å². The molecule has 6 heteroatoms. The molecule has 132 valence electrons. The maximum absolute atomic E-state index is 13.0. The smallest absolute Gasteiger partial charge is 0.311 e. The summed E-state index contributed by atoms with van der Waals surface area (Å²) in [7, 11) is 0. The molecule has 0 radical (unpaired) electrons. The van der Waals surface area contributed by atoms with E-state index in [1.807, 2.05) is 38.1 Å². The van der Waals surface area contributed by atoms with Crippen molar-refractivity contribution >= 4 is 11.9 Å². The summed E-state index contributed by atoms with van der Waals surface area (Å²) < 4.78 is 0. The van der Waals surface area contributed by atoms with E-state index in [0.29, 0.717) is 37.1 Å². The standard InChI is InChI=1S/C19H23N3O3/c1-3-19(18(24)25)8-5-9-22(12-19)17(23)15-11-20-21-16(15)14-7-4-6-13(2)10-14/h4,6-7,10-11H,3,5,8-9,12H2,1-2H3,(H,20,21)(H,24,25)/t19-/m0/s1. The zero-order valence-electron chi connectivity index (χ0n) is 14.6. The molecule has 1 aliphatic heterocycles. The number of aromatic nitrogens is 2. The second kappa shape index (κ2) is 6.70. The Morgan fingerprint density at radius 3 is 2.88 bits per heavy atom. The highest BCUT2D eigenvalue weighted by Crippen LogP contribution is 2.35. The molecule has 1 aromatic heterocycles. The Morgan fingerprint density at radius 1 is 1.40 bits per heavy atom. The predicted octanol–water partition coefficient (Wildman–Crippen LogP) is 3.10. The third-order valence-electron chi connectivity index (χ3n) is 5.17. The van der Waals surface area contributed by atoms with Crippen LogP contribution in [0.15, 0.2) is 30.5 Å². The molecule has 1 fully saturated rings. The molecule has 0 saturated carbocycles. The molecule has 0 unspecified atom stereocenters. The number of aliphatic carboxylic acids is 1. The highest BCUT2D eigenvalue weighted by molar-refractivity contribution is 6.00. The number of amides is 1. The number of likely N-dealkylation sites (tertiary alicyclic amines) is 1. The number of carboxylic acid groups (broad SMARTS) is 1. The van der Waals surface area contributed by atoms with Crippen molar-refractivity contribution in [3.63, 3.8) is 0 Å². The Hall–Kier alpha value is -2.63. The van der Waals surface area contributed by atoms with Crippen molar-refractivity contribution in [1.29, 1.82) is 0 Å². The number of hydrogen-bond donors (Lipinski definition) is 2. The van der Waals surface area contributed by atoms with Crippen LogP contribution in [0.25, 0.3) is 11.3 Å². The fraction of sp³-hybridized carbons (Fsp3) is 0.421. The number of piperidine rings is 1. The number of carboxylic acids is 1. The minimum atomic E-state index is -0.846. The van der Waals surface area contributed by atoms with E-state index in [2.05, 4.69) is 10.2 Å². The fourth-order valence-electron chi connectivity index (χ4n) is 3.56. The molecule has 6 nitrogen and oxygen atoms in total. The van der Waals surface area contributed by atoms with Crippen LogP contribution in [0.5, 0.6) is 0 Å². The van der Waals surface area contributed by atoms with Crippen molar-refractivity contribution in [2.75, 3.05) is 13.1 Å². The second-order valence-electron chi connectivity index (χ2n) is 6.80. The third kappa shape index (κ3) is 3.16. The van der Waals surface area contributed by atoms with Gasteiger partial charge in [0.15, 0.2) is 0 Å². The highest BCUT2D eigenvalue weighted by Gasteiger charge is 2.42. The van der Waals surface area contributed by atoms with Gasteiger partial charge in [0.2, 0.25) is 0 Å². The molecular weight excluding hydrogens is 318 g/mol. The molecular formula is C19H23N3O3. The van der Waals surface area contributed by atoms with Crippen molar-refractivity contribution in [3.8, 4) is 11.3 Å². The topological polar surface area (TPSA) is 86.3 Å². The van der Waals surface area contributed by atoms with Crippen LogP contribution in [0.1, 0.15) is 42.1 Å². The predicted molar refractivity (Wildman–Crippen MR) is 94.3 cm³/mol. The summed E-state index contributed by atoms with van der Waals surface area (Å²) in [6, 6.07) is 7.86. The van der Waals surface area contributed by atoms with Crippen molar-refractivity contribution in [1.82, 2.24) is 15.1 Å². The van der Waals surface area contributed by atoms with E-state index < -0.39 is 11.4 Å². The van der Waals surface area contributed by atoms with Gasteiger partial charge in [0, 0.05) is 18.7 Å². The van der Waals surface area contributed by atoms with Gasteiger partial charge >= 0.3 is 5.97 Å². The lowest BCUT2D eigenvalue weighted by atomic mass is 9.77. The lowest BCUT2D eigenvalue weighted by Gasteiger charge is -2.39. The summed E-state index contributed by atoms with van der Waals surface area (Å²) in [5.41, 5.74) is 2.32. The number of benzene rings is 1. The van der Waals surface area contributed by atoms with E-state index >= 15 is 0 Å². The third-order valence-corrected chi connectivity index (χ3v) is 5.17. The minimum absolute atomic E-state index is 0.163. The van der Waals surface area contributed by atoms with Crippen LogP contribution in [0.3, 0.4) is 0 Å². The highest BCUT2D eigenvalue weighted by atomic mass is 16.4. The molecule has 2 aromatic rings. The van der Waals surface area contributed by atoms with Gasteiger partial charge in [-0.3, -0.25) is 14.7 Å². The van der Waals surface area contributed by atoms with Crippen LogP contribution < -0.4 is 0 Å². The number of rotatable bonds is 4. The number of aromatic amines is 1. The summed E-state index contributed by atoms with van der Waals surface area (Å²) in [6.07, 6.45) is 3.35. The first kappa shape index (κ1) is 17.2. The number of hydrogen-bond acceptors (Lipinski definition) is 3. The maximum atomic E-state index is 13.0. The average Bonchev–Trinajstić information content (AvgIpc) is 3.10. The molecule has 1 saturated heterocycles. The maximum Gasteiger partial charge on any atom is 0.311 e. The van der Waals surface area contributed by atoms with Crippen molar-refractivity contribution in [2.24, 2.45) is 5.41 Å². The zero-order valence-corrected chi connectivity index (χ0v) is 14.6. The summed E-state index contributed by atoms with van der Waals surface area (Å²) >= 11 is 0. The van der Waals surface area contributed by atoms with Crippen LogP contribution in [0.4, 0.5) is 0 Å². The lowest BCUT2D eigenvalue weighted by molar-refractivity contribution is -0.152. The Balaban J connectivity index is 1.90. The minimum Gasteiger partial charge on any atom is -0.481 e. The first-order chi connectivity index (χ1) is 12.0. The van der Waals surface area contributed by atoms with E-state index in [-0.39, 0.29) is 12.5 Å². The summed E-state index contributed by atoms with van der Waals surface area (Å²) in [5.74, 6) is -0.984. The molecule has 3 rings (SSSR count). The van der Waals surface area contributed by atoms with E-state index in [9.17, 15) is 14.7 Å². The second-order valence-corrected chi connectivity index (χ2v) is 6.80. The Labute approximate surface area is 146 Å². The molecule has 1 atom stereocenters. The molecule has 1 amide bonds. The van der Waals surface area contributed by atoms with Gasteiger partial charge in [-0.2, -0.15) is 5.10 Å². The molecule has 0 spiro atoms. The molecule has 25 heavy (non-hydrogen) atoms. The first-order valence-electron chi connectivity index (χ1n) is 8.60. The normalized spacial score (nSPS) is 20.5. The summed E-state index contributed by atoms with van der Waals surface area (Å²) in [5, 5.41) is 16.6. The number of nitrogens with zero attached hydrogens (tertiary/aromatic N) is 2. The SMILES string of the molecule is CC[C@]1(C(=O)O)CCCN(C(=O)c2cn[nH]c2-c2cccc(C)c2)C1. The first-order valence-corrected chi connectivity index (χ1v) is 8.60. The lowest BCUT2D eigenvalue weighted by Crippen LogP contribution is -2.49. The van der Waals surface area contributed by atoms with Crippen molar-refractivity contribution < 1.29 is 14.7 Å². The largest absolute Gasteiger partial charge is 0.481 e. The zero-order chi connectivity index (χ0) is 18.0. The van der Waals surface area contributed by atoms with Crippen LogP contribution in [-0.4, -0.2) is 45.2 Å². The van der Waals surface area contributed by atoms with Gasteiger partial charge in [0.25, 0.3) is 5.91 Å². The van der Waals surface area contributed by atoms with Gasteiger partial charge < -0.3 is 10.0 Å². The number of H-pyrrole nitrogens is 1. The molecule has 0 bridgehead atoms. The van der Waals surface area contributed by atoms with E-state index in [1.54, 1.807) is 4.90 Å². The van der Waals surface area contributed by atoms with Crippen LogP contribution >= 0.6 is 0 Å². The molecule has 1 aromatic carbocycles. The molecule has 0 aliphatic carbocycles. The summed E-state index contributed by atoms with van der Waals surface area (Å²) in [6.45, 7) is 4.69. The van der Waals surface area contributed by atoms with Crippen LogP contribution in [-0.2, 0) is 4.79 Å². The Morgan fingerprint density at radius 2 is 2.20 bits per heavy atom. The van der Waals surface area contributed by atoms with Gasteiger partial charge in [0.05, 0.1) is 22.9 Å². The molecule has 2 N–H and O–H groups in total. The van der Waals surface area contributed by atoms with Gasteiger partial charge in [0.1, 0.15) is 0 Å². The average molecular weight is 341 g/mol. The molecule has 1 aliphatic rings. The van der Waals surface area contributed by atoms with Gasteiger partial charge in [-0.1, -0.05) is 30.7 Å². The van der Waals surface area contributed by atoms with Gasteiger partial charge in [-0.05, 0) is 32.3 Å².